The van der Waals surface area contributed by atoms with Crippen LogP contribution in [0.4, 0.5) is 10.8 Å². The van der Waals surface area contributed by atoms with E-state index in [0.29, 0.717) is 22.1 Å². The first-order chi connectivity index (χ1) is 14.0. The smallest absolute Gasteiger partial charge is 0.354 e. The first kappa shape index (κ1) is 18.9. The van der Waals surface area contributed by atoms with Gasteiger partial charge in [-0.05, 0) is 37.3 Å². The second-order valence-electron chi connectivity index (χ2n) is 6.54. The highest BCUT2D eigenvalue weighted by atomic mass is 32.1. The molecule has 0 bridgehead atoms. The first-order valence-electron chi connectivity index (χ1n) is 8.99. The fourth-order valence-corrected chi connectivity index (χ4v) is 3.66. The lowest BCUT2D eigenvalue weighted by Crippen LogP contribution is -2.14. The van der Waals surface area contributed by atoms with E-state index < -0.39 is 5.97 Å². The molecule has 2 N–H and O–H groups in total. The van der Waals surface area contributed by atoms with Gasteiger partial charge in [0.1, 0.15) is 5.69 Å². The summed E-state index contributed by atoms with van der Waals surface area (Å²) in [6.45, 7) is 2.87. The molecule has 3 aromatic rings. The molecule has 4 rings (SSSR count). The summed E-state index contributed by atoms with van der Waals surface area (Å²) in [6, 6.07) is 8.99. The molecular formula is C20H19N5O3S. The molecule has 3 heterocycles. The molecule has 9 heteroatoms. The van der Waals surface area contributed by atoms with Gasteiger partial charge in [-0.15, -0.1) is 11.3 Å². The van der Waals surface area contributed by atoms with Gasteiger partial charge in [-0.2, -0.15) is 5.10 Å². The maximum absolute atomic E-state index is 12.5. The van der Waals surface area contributed by atoms with Gasteiger partial charge in [-0.1, -0.05) is 0 Å². The minimum absolute atomic E-state index is 0.233. The molecule has 8 nitrogen and oxygen atoms in total. The standard InChI is InChI=1S/C20H19N5O3S/c1-12-7-8-25(24-12)15-5-3-13(4-6-15)18(26)23-20-22-17(11-29-20)14-9-16(21-10-14)19(27)28-2/h3-6,9-11,21H,7-8H2,1-2H3,(H,22,23,26). The predicted octanol–water partition coefficient (Wildman–Crippen LogP) is 3.76. The van der Waals surface area contributed by atoms with E-state index >= 15 is 0 Å². The monoisotopic (exact) mass is 409 g/mol. The summed E-state index contributed by atoms with van der Waals surface area (Å²) >= 11 is 1.32. The zero-order chi connectivity index (χ0) is 20.4. The average Bonchev–Trinajstić information content (AvgIpc) is 3.48. The second kappa shape index (κ2) is 7.88. The number of carbonyl (C=O) groups is 2. The number of aromatic nitrogens is 2. The maximum Gasteiger partial charge on any atom is 0.354 e. The van der Waals surface area contributed by atoms with Crippen LogP contribution in [0.3, 0.4) is 0 Å². The predicted molar refractivity (Wildman–Crippen MR) is 113 cm³/mol. The number of hydrogen-bond acceptors (Lipinski definition) is 7. The molecule has 0 spiro atoms. The summed E-state index contributed by atoms with van der Waals surface area (Å²) < 4.78 is 4.68. The molecular weight excluding hydrogens is 390 g/mol. The van der Waals surface area contributed by atoms with Gasteiger partial charge in [0.25, 0.3) is 5.91 Å². The van der Waals surface area contributed by atoms with Crippen molar-refractivity contribution in [3.05, 3.63) is 53.2 Å². The topological polar surface area (TPSA) is 99.7 Å². The Labute approximate surface area is 171 Å². The first-order valence-corrected chi connectivity index (χ1v) is 9.87. The quantitative estimate of drug-likeness (QED) is 0.625. The minimum atomic E-state index is -0.446. The van der Waals surface area contributed by atoms with E-state index in [0.717, 1.165) is 29.9 Å². The van der Waals surface area contributed by atoms with Gasteiger partial charge < -0.3 is 9.72 Å². The molecule has 2 aromatic heterocycles. The Morgan fingerprint density at radius 1 is 1.28 bits per heavy atom. The third kappa shape index (κ3) is 4.04. The van der Waals surface area contributed by atoms with Crippen molar-refractivity contribution in [3.8, 4) is 11.3 Å². The Hall–Kier alpha value is -3.46. The fraction of sp³-hybridized carbons (Fsp3) is 0.200. The van der Waals surface area contributed by atoms with Crippen molar-refractivity contribution in [1.82, 2.24) is 9.97 Å². The number of ether oxygens (including phenoxy) is 1. The second-order valence-corrected chi connectivity index (χ2v) is 7.40. The van der Waals surface area contributed by atoms with Crippen LogP contribution >= 0.6 is 11.3 Å². The van der Waals surface area contributed by atoms with Gasteiger partial charge in [0.15, 0.2) is 5.13 Å². The Bertz CT molecular complexity index is 1080. The van der Waals surface area contributed by atoms with Crippen molar-refractivity contribution in [2.45, 2.75) is 13.3 Å². The van der Waals surface area contributed by atoms with Crippen LogP contribution in [0.25, 0.3) is 11.3 Å². The Morgan fingerprint density at radius 3 is 2.76 bits per heavy atom. The summed E-state index contributed by atoms with van der Waals surface area (Å²) in [5.74, 6) is -0.680. The molecule has 0 fully saturated rings. The number of hydrazone groups is 1. The number of amides is 1. The third-order valence-electron chi connectivity index (χ3n) is 4.51. The average molecular weight is 409 g/mol. The van der Waals surface area contributed by atoms with E-state index in [9.17, 15) is 9.59 Å². The Balaban J connectivity index is 1.42. The van der Waals surface area contributed by atoms with Crippen LogP contribution in [0.1, 0.15) is 34.2 Å². The van der Waals surface area contributed by atoms with Crippen LogP contribution in [-0.4, -0.2) is 41.2 Å². The summed E-state index contributed by atoms with van der Waals surface area (Å²) in [4.78, 5) is 31.3. The fourth-order valence-electron chi connectivity index (χ4n) is 2.95. The molecule has 148 valence electrons. The van der Waals surface area contributed by atoms with Gasteiger partial charge in [-0.25, -0.2) is 9.78 Å². The van der Waals surface area contributed by atoms with Crippen LogP contribution in [-0.2, 0) is 4.74 Å². The maximum atomic E-state index is 12.5. The van der Waals surface area contributed by atoms with E-state index in [-0.39, 0.29) is 5.91 Å². The largest absolute Gasteiger partial charge is 0.464 e. The number of benzene rings is 1. The third-order valence-corrected chi connectivity index (χ3v) is 5.27. The van der Waals surface area contributed by atoms with Gasteiger partial charge >= 0.3 is 5.97 Å². The number of nitrogens with one attached hydrogen (secondary N) is 2. The summed E-state index contributed by atoms with van der Waals surface area (Å²) in [7, 11) is 1.32. The molecule has 1 amide bonds. The Morgan fingerprint density at radius 2 is 2.07 bits per heavy atom. The van der Waals surface area contributed by atoms with Crippen LogP contribution in [0.5, 0.6) is 0 Å². The number of hydrogen-bond donors (Lipinski definition) is 2. The number of rotatable bonds is 5. The van der Waals surface area contributed by atoms with Gasteiger partial charge in [0, 0.05) is 41.4 Å². The van der Waals surface area contributed by atoms with E-state index in [1.807, 2.05) is 29.4 Å². The molecule has 0 atom stereocenters. The highest BCUT2D eigenvalue weighted by molar-refractivity contribution is 7.14. The normalized spacial score (nSPS) is 13.3. The number of carbonyl (C=O) groups excluding carboxylic acids is 2. The zero-order valence-corrected chi connectivity index (χ0v) is 16.7. The van der Waals surface area contributed by atoms with E-state index in [2.05, 4.69) is 25.1 Å². The molecule has 0 saturated carbocycles. The number of thiazole rings is 1. The van der Waals surface area contributed by atoms with Crippen molar-refractivity contribution >= 4 is 39.7 Å². The lowest BCUT2D eigenvalue weighted by molar-refractivity contribution is 0.0594. The molecule has 1 aromatic carbocycles. The van der Waals surface area contributed by atoms with Gasteiger partial charge in [0.05, 0.1) is 18.5 Å². The summed E-state index contributed by atoms with van der Waals surface area (Å²) in [6.07, 6.45) is 2.63. The number of H-pyrrole nitrogens is 1. The number of anilines is 2. The lowest BCUT2D eigenvalue weighted by Gasteiger charge is -2.13. The molecule has 1 aliphatic rings. The van der Waals surface area contributed by atoms with Crippen molar-refractivity contribution in [2.24, 2.45) is 5.10 Å². The van der Waals surface area contributed by atoms with Crippen molar-refractivity contribution in [1.29, 1.82) is 0 Å². The summed E-state index contributed by atoms with van der Waals surface area (Å²) in [5.41, 5.74) is 4.36. The van der Waals surface area contributed by atoms with Crippen molar-refractivity contribution < 1.29 is 14.3 Å². The van der Waals surface area contributed by atoms with E-state index in [4.69, 9.17) is 0 Å². The summed E-state index contributed by atoms with van der Waals surface area (Å²) in [5, 5.41) is 11.5. The highest BCUT2D eigenvalue weighted by Gasteiger charge is 2.15. The highest BCUT2D eigenvalue weighted by Crippen LogP contribution is 2.26. The Kier molecular flexibility index (Phi) is 5.13. The lowest BCUT2D eigenvalue weighted by atomic mass is 10.2. The number of aromatic amines is 1. The molecule has 0 saturated heterocycles. The van der Waals surface area contributed by atoms with Gasteiger partial charge in [0.2, 0.25) is 0 Å². The van der Waals surface area contributed by atoms with Crippen molar-refractivity contribution in [3.63, 3.8) is 0 Å². The number of nitrogens with zero attached hydrogens (tertiary/aromatic N) is 3. The minimum Gasteiger partial charge on any atom is -0.464 e. The molecule has 0 unspecified atom stereocenters. The van der Waals surface area contributed by atoms with Crippen LogP contribution in [0.2, 0.25) is 0 Å². The molecule has 0 radical (unpaired) electrons. The van der Waals surface area contributed by atoms with Crippen molar-refractivity contribution in [2.75, 3.05) is 24.0 Å². The van der Waals surface area contributed by atoms with Gasteiger partial charge in [-0.3, -0.25) is 15.1 Å². The van der Waals surface area contributed by atoms with Crippen LogP contribution < -0.4 is 10.3 Å². The zero-order valence-electron chi connectivity index (χ0n) is 15.9. The molecule has 0 aliphatic carbocycles. The SMILES string of the molecule is COC(=O)c1cc(-c2csc(NC(=O)c3ccc(N4CCC(C)=N4)cc3)n2)c[nH]1. The molecule has 29 heavy (non-hydrogen) atoms. The van der Waals surface area contributed by atoms with E-state index in [1.165, 1.54) is 18.4 Å². The van der Waals surface area contributed by atoms with Crippen LogP contribution in [0.15, 0.2) is 47.0 Å². The van der Waals surface area contributed by atoms with E-state index in [1.54, 1.807) is 24.4 Å². The van der Waals surface area contributed by atoms with Crippen LogP contribution in [0, 0.1) is 0 Å². The number of methoxy groups -OCH3 is 1. The number of esters is 1. The molecule has 1 aliphatic heterocycles.